The number of fused-ring (bicyclic) bond motifs is 4. The summed E-state index contributed by atoms with van der Waals surface area (Å²) in [5, 5.41) is 12.0. The molecule has 2 fully saturated rings. The Labute approximate surface area is 363 Å². The van der Waals surface area contributed by atoms with E-state index < -0.39 is 36.1 Å². The molecule has 17 heteroatoms. The maximum Gasteiger partial charge on any atom is 0.264 e. The van der Waals surface area contributed by atoms with Gasteiger partial charge in [0.15, 0.2) is 5.82 Å². The number of aryl methyl sites for hydroxylation is 2. The van der Waals surface area contributed by atoms with E-state index in [-0.39, 0.29) is 30.4 Å². The van der Waals surface area contributed by atoms with Crippen LogP contribution in [0.1, 0.15) is 119 Å². The lowest BCUT2D eigenvalue weighted by atomic mass is 9.92. The number of carbonyl (C=O) groups excluding carboxylic acids is 5. The van der Waals surface area contributed by atoms with Gasteiger partial charge in [-0.2, -0.15) is 10.2 Å². The van der Waals surface area contributed by atoms with Crippen molar-refractivity contribution in [1.82, 2.24) is 39.6 Å². The number of hydrogen-bond donors (Lipinski definition) is 1. The molecule has 0 aliphatic carbocycles. The summed E-state index contributed by atoms with van der Waals surface area (Å²) in [5.74, 6) is -1.26. The smallest absolute Gasteiger partial charge is 0.264 e. The summed E-state index contributed by atoms with van der Waals surface area (Å²) < 4.78 is 39.7. The lowest BCUT2D eigenvalue weighted by Crippen LogP contribution is -2.54. The lowest BCUT2D eigenvalue weighted by Gasteiger charge is -2.33. The lowest BCUT2D eigenvalue weighted by molar-refractivity contribution is -0.136. The molecule has 6 aliphatic heterocycles. The maximum absolute atomic E-state index is 15.0. The van der Waals surface area contributed by atoms with Gasteiger partial charge in [-0.25, -0.2) is 8.78 Å². The van der Waals surface area contributed by atoms with Gasteiger partial charge in [-0.3, -0.25) is 48.5 Å². The van der Waals surface area contributed by atoms with Crippen molar-refractivity contribution in [3.63, 3.8) is 0 Å². The Kier molecular flexibility index (Phi) is 10.9. The van der Waals surface area contributed by atoms with Gasteiger partial charge < -0.3 is 14.5 Å². The van der Waals surface area contributed by atoms with Gasteiger partial charge >= 0.3 is 0 Å². The van der Waals surface area contributed by atoms with Gasteiger partial charge in [0.2, 0.25) is 17.7 Å². The molecular formula is C46H51F2N9O6. The molecule has 5 amide bonds. The number of halogens is 2. The van der Waals surface area contributed by atoms with Gasteiger partial charge in [-0.1, -0.05) is 0 Å². The first-order chi connectivity index (χ1) is 30.5. The zero-order chi connectivity index (χ0) is 43.5. The van der Waals surface area contributed by atoms with E-state index in [1.54, 1.807) is 31.3 Å². The average Bonchev–Trinajstić information content (AvgIpc) is 3.98. The van der Waals surface area contributed by atoms with Crippen LogP contribution in [-0.2, 0) is 58.0 Å². The van der Waals surface area contributed by atoms with E-state index in [1.165, 1.54) is 0 Å². The van der Waals surface area contributed by atoms with Crippen LogP contribution in [0.3, 0.4) is 0 Å². The molecule has 0 spiro atoms. The van der Waals surface area contributed by atoms with Gasteiger partial charge in [-0.15, -0.1) is 0 Å². The number of alkyl halides is 2. The molecule has 63 heavy (non-hydrogen) atoms. The number of amides is 5. The van der Waals surface area contributed by atoms with Crippen molar-refractivity contribution in [1.29, 1.82) is 0 Å². The Morgan fingerprint density at radius 2 is 1.62 bits per heavy atom. The number of piperidine rings is 1. The minimum atomic E-state index is -2.71. The second kappa shape index (κ2) is 16.7. The molecule has 6 aliphatic rings. The summed E-state index contributed by atoms with van der Waals surface area (Å²) in [6.07, 6.45) is 7.39. The van der Waals surface area contributed by atoms with Crippen molar-refractivity contribution in [3.05, 3.63) is 81.3 Å². The number of nitrogens with zero attached hydrogens (tertiary/aromatic N) is 8. The molecule has 1 unspecified atom stereocenters. The van der Waals surface area contributed by atoms with E-state index >= 15 is 8.78 Å². The van der Waals surface area contributed by atoms with E-state index in [0.29, 0.717) is 74.6 Å². The van der Waals surface area contributed by atoms with E-state index in [4.69, 9.17) is 9.84 Å². The monoisotopic (exact) mass is 863 g/mol. The molecule has 1 atom stereocenters. The maximum atomic E-state index is 15.0. The molecule has 4 aromatic rings. The molecule has 8 heterocycles. The topological polar surface area (TPSA) is 155 Å². The Bertz CT molecular complexity index is 2530. The van der Waals surface area contributed by atoms with Crippen molar-refractivity contribution in [3.8, 4) is 11.1 Å². The second-order valence-corrected chi connectivity index (χ2v) is 17.7. The Morgan fingerprint density at radius 1 is 0.857 bits per heavy atom. The van der Waals surface area contributed by atoms with Gasteiger partial charge in [0.05, 0.1) is 29.9 Å². The number of carbonyl (C=O) groups is 5. The zero-order valence-corrected chi connectivity index (χ0v) is 35.4. The van der Waals surface area contributed by atoms with Crippen LogP contribution >= 0.6 is 0 Å². The minimum absolute atomic E-state index is 0.00878. The first-order valence-electron chi connectivity index (χ1n) is 22.3. The molecule has 0 radical (unpaired) electrons. The van der Waals surface area contributed by atoms with Crippen LogP contribution in [0.25, 0.3) is 11.1 Å². The van der Waals surface area contributed by atoms with Crippen molar-refractivity contribution in [2.45, 2.75) is 109 Å². The fourth-order valence-corrected chi connectivity index (χ4v) is 10.5. The van der Waals surface area contributed by atoms with Crippen LogP contribution < -0.4 is 10.2 Å². The van der Waals surface area contributed by atoms with Crippen LogP contribution in [0.5, 0.6) is 0 Å². The zero-order valence-electron chi connectivity index (χ0n) is 35.4. The summed E-state index contributed by atoms with van der Waals surface area (Å²) in [6, 6.07) is 6.33. The second-order valence-electron chi connectivity index (χ2n) is 17.7. The molecule has 2 saturated heterocycles. The Hall–Kier alpha value is -5.81. The highest BCUT2D eigenvalue weighted by Crippen LogP contribution is 2.44. The van der Waals surface area contributed by atoms with E-state index in [1.807, 2.05) is 21.8 Å². The normalized spacial score (nSPS) is 20.6. The van der Waals surface area contributed by atoms with Crippen LogP contribution in [0.15, 0.2) is 36.7 Å². The third-order valence-electron chi connectivity index (χ3n) is 13.8. The molecule has 330 valence electrons. The average molecular weight is 864 g/mol. The number of ether oxygens (including phenoxy) is 1. The summed E-state index contributed by atoms with van der Waals surface area (Å²) in [7, 11) is 0. The van der Waals surface area contributed by atoms with Gasteiger partial charge in [0.25, 0.3) is 18.2 Å². The number of rotatable bonds is 10. The highest BCUT2D eigenvalue weighted by molar-refractivity contribution is 6.23. The minimum Gasteiger partial charge on any atom is -0.381 e. The van der Waals surface area contributed by atoms with Crippen molar-refractivity contribution < 1.29 is 37.5 Å². The van der Waals surface area contributed by atoms with E-state index in [2.05, 4.69) is 24.9 Å². The number of hydrogen-bond acceptors (Lipinski definition) is 10. The largest absolute Gasteiger partial charge is 0.381 e. The molecule has 10 rings (SSSR count). The quantitative estimate of drug-likeness (QED) is 0.165. The highest BCUT2D eigenvalue weighted by Gasteiger charge is 2.45. The number of anilines is 2. The SMILES string of the molecule is CC(=O)N1CCc2c(c(N3CCCc4cc(-c5cnn(CCCCN6CCc7cc8c(cc7C6)C(=O)N(C6CCC(=O)NC6=O)C8=O)c5)c(C(F)F)cc43)nn2C2CCOCC2)C1. The van der Waals surface area contributed by atoms with Crippen LogP contribution in [0, 0.1) is 0 Å². The molecule has 0 saturated carbocycles. The third kappa shape index (κ3) is 7.62. The van der Waals surface area contributed by atoms with Crippen molar-refractivity contribution in [2.24, 2.45) is 0 Å². The number of imide groups is 2. The predicted octanol–water partition coefficient (Wildman–Crippen LogP) is 5.26. The van der Waals surface area contributed by atoms with Gasteiger partial charge in [-0.05, 0) is 104 Å². The van der Waals surface area contributed by atoms with Crippen LogP contribution in [0.4, 0.5) is 20.3 Å². The summed E-state index contributed by atoms with van der Waals surface area (Å²) >= 11 is 0. The molecule has 2 aromatic carbocycles. The summed E-state index contributed by atoms with van der Waals surface area (Å²) in [4.78, 5) is 70.7. The third-order valence-corrected chi connectivity index (χ3v) is 13.8. The summed E-state index contributed by atoms with van der Waals surface area (Å²) in [5.41, 5.74) is 7.53. The molecule has 1 N–H and O–H groups in total. The van der Waals surface area contributed by atoms with Gasteiger partial charge in [0, 0.05) is 100.0 Å². The van der Waals surface area contributed by atoms with E-state index in [9.17, 15) is 24.0 Å². The van der Waals surface area contributed by atoms with Crippen LogP contribution in [-0.4, -0.2) is 109 Å². The fourth-order valence-electron chi connectivity index (χ4n) is 10.5. The predicted molar refractivity (Wildman–Crippen MR) is 225 cm³/mol. The molecule has 2 aromatic heterocycles. The highest BCUT2D eigenvalue weighted by atomic mass is 19.3. The first-order valence-corrected chi connectivity index (χ1v) is 22.3. The number of benzene rings is 2. The van der Waals surface area contributed by atoms with Crippen molar-refractivity contribution >= 4 is 41.0 Å². The molecular weight excluding hydrogens is 813 g/mol. The Morgan fingerprint density at radius 3 is 2.38 bits per heavy atom. The Balaban J connectivity index is 0.807. The number of aromatic nitrogens is 4. The van der Waals surface area contributed by atoms with Crippen LogP contribution in [0.2, 0.25) is 0 Å². The molecule has 0 bridgehead atoms. The standard InChI is InChI=1S/C46H51F2N9O6/c1-27(58)53-16-9-38-37(26-53)43(51-57(38)32-10-17-63-18-11-32)55-14-4-5-29-20-33(34(42(47)48)22-40(29)55)31-23-49-54(25-31)13-3-2-12-52-15-8-28-19-35-36(21-30(28)24-52)46(62)56(45(35)61)39-6-7-41(59)50-44(39)60/h19-23,25,32,39,42H,2-18,24,26H2,1H3,(H,50,59,60). The number of unbranched alkanes of at least 4 members (excludes halogenated alkanes) is 1. The molecule has 15 nitrogen and oxygen atoms in total. The van der Waals surface area contributed by atoms with Gasteiger partial charge in [0.1, 0.15) is 6.04 Å². The van der Waals surface area contributed by atoms with E-state index in [0.717, 1.165) is 102 Å². The van der Waals surface area contributed by atoms with Crippen molar-refractivity contribution in [2.75, 3.05) is 44.3 Å². The first kappa shape index (κ1) is 41.2. The summed E-state index contributed by atoms with van der Waals surface area (Å²) in [6.45, 7) is 7.47. The fraction of sp³-hybridized carbons (Fsp3) is 0.500. The number of nitrogens with one attached hydrogen (secondary N) is 1.